The predicted molar refractivity (Wildman–Crippen MR) is 82.7 cm³/mol. The number of halogens is 2. The van der Waals surface area contributed by atoms with Crippen LogP contribution in [0.2, 0.25) is 5.02 Å². The highest BCUT2D eigenvalue weighted by Gasteiger charge is 2.26. The molecule has 2 heterocycles. The van der Waals surface area contributed by atoms with E-state index in [0.717, 1.165) is 47.9 Å². The van der Waals surface area contributed by atoms with Crippen LogP contribution in [0.5, 0.6) is 0 Å². The van der Waals surface area contributed by atoms with Gasteiger partial charge in [0.05, 0.1) is 17.1 Å². The lowest BCUT2D eigenvalue weighted by Crippen LogP contribution is -2.19. The van der Waals surface area contributed by atoms with Crippen molar-refractivity contribution in [1.82, 2.24) is 9.55 Å². The van der Waals surface area contributed by atoms with Crippen LogP contribution in [0.25, 0.3) is 11.0 Å². The van der Waals surface area contributed by atoms with Crippen molar-refractivity contribution < 1.29 is 4.74 Å². The van der Waals surface area contributed by atoms with E-state index < -0.39 is 0 Å². The molecule has 0 bridgehead atoms. The van der Waals surface area contributed by atoms with E-state index in [1.165, 1.54) is 0 Å². The van der Waals surface area contributed by atoms with Gasteiger partial charge in [0.1, 0.15) is 5.82 Å². The zero-order valence-corrected chi connectivity index (χ0v) is 13.0. The smallest absolute Gasteiger partial charge is 0.111 e. The van der Waals surface area contributed by atoms with E-state index >= 15 is 0 Å². The molecule has 1 aromatic carbocycles. The van der Waals surface area contributed by atoms with Crippen LogP contribution in [0.1, 0.15) is 19.2 Å². The van der Waals surface area contributed by atoms with Crippen molar-refractivity contribution in [1.29, 1.82) is 0 Å². The fourth-order valence-corrected chi connectivity index (χ4v) is 3.22. The third-order valence-corrected chi connectivity index (χ3v) is 4.48. The SMILES string of the molecule is CC1OCCC1Cn1c(CCCl)nc2cc(Cl)ccc21. The number of imidazole rings is 1. The summed E-state index contributed by atoms with van der Waals surface area (Å²) in [4.78, 5) is 4.68. The third kappa shape index (κ3) is 2.67. The lowest BCUT2D eigenvalue weighted by Gasteiger charge is -2.17. The molecule has 3 rings (SSSR count). The van der Waals surface area contributed by atoms with E-state index in [-0.39, 0.29) is 0 Å². The zero-order chi connectivity index (χ0) is 14.1. The average Bonchev–Trinajstić information content (AvgIpc) is 2.96. The average molecular weight is 313 g/mol. The summed E-state index contributed by atoms with van der Waals surface area (Å²) in [5.41, 5.74) is 2.08. The van der Waals surface area contributed by atoms with Gasteiger partial charge >= 0.3 is 0 Å². The molecule has 2 unspecified atom stereocenters. The van der Waals surface area contributed by atoms with Gasteiger partial charge in [-0.2, -0.15) is 0 Å². The fraction of sp³-hybridized carbons (Fsp3) is 0.533. The molecular weight excluding hydrogens is 295 g/mol. The molecule has 1 aliphatic heterocycles. The maximum Gasteiger partial charge on any atom is 0.111 e. The van der Waals surface area contributed by atoms with Gasteiger partial charge in [-0.3, -0.25) is 0 Å². The van der Waals surface area contributed by atoms with Crippen molar-refractivity contribution in [3.63, 3.8) is 0 Å². The maximum atomic E-state index is 6.06. The molecule has 1 aliphatic rings. The summed E-state index contributed by atoms with van der Waals surface area (Å²) < 4.78 is 7.95. The monoisotopic (exact) mass is 312 g/mol. The van der Waals surface area contributed by atoms with Crippen molar-refractivity contribution in [3.8, 4) is 0 Å². The number of ether oxygens (including phenoxy) is 1. The standard InChI is InChI=1S/C15H18Cl2N2O/c1-10-11(5-7-20-10)9-19-14-3-2-12(17)8-13(14)18-15(19)4-6-16/h2-3,8,10-11H,4-7,9H2,1H3. The van der Waals surface area contributed by atoms with E-state index in [1.807, 2.05) is 18.2 Å². The molecule has 3 nitrogen and oxygen atoms in total. The van der Waals surface area contributed by atoms with Crippen LogP contribution in [-0.4, -0.2) is 28.1 Å². The molecule has 1 fully saturated rings. The Kier molecular flexibility index (Phi) is 4.20. The topological polar surface area (TPSA) is 27.1 Å². The van der Waals surface area contributed by atoms with Crippen molar-refractivity contribution in [2.45, 2.75) is 32.4 Å². The summed E-state index contributed by atoms with van der Waals surface area (Å²) >= 11 is 12.0. The minimum absolute atomic E-state index is 0.309. The summed E-state index contributed by atoms with van der Waals surface area (Å²) in [6, 6.07) is 5.88. The van der Waals surface area contributed by atoms with Crippen molar-refractivity contribution in [3.05, 3.63) is 29.0 Å². The van der Waals surface area contributed by atoms with Gasteiger partial charge in [0.15, 0.2) is 0 Å². The first-order valence-corrected chi connectivity index (χ1v) is 7.92. The second-order valence-corrected chi connectivity index (χ2v) is 6.15. The second kappa shape index (κ2) is 5.92. The molecule has 0 spiro atoms. The third-order valence-electron chi connectivity index (χ3n) is 4.06. The van der Waals surface area contributed by atoms with Crippen LogP contribution < -0.4 is 0 Å². The predicted octanol–water partition coefficient (Wildman–Crippen LogP) is 3.90. The molecule has 0 saturated carbocycles. The normalized spacial score (nSPS) is 22.8. The van der Waals surface area contributed by atoms with Gasteiger partial charge in [-0.05, 0) is 31.5 Å². The molecule has 2 aromatic rings. The molecule has 20 heavy (non-hydrogen) atoms. The Labute approximate surface area is 128 Å². The maximum absolute atomic E-state index is 6.06. The van der Waals surface area contributed by atoms with Gasteiger partial charge in [-0.15, -0.1) is 11.6 Å². The number of fused-ring (bicyclic) bond motifs is 1. The Morgan fingerprint density at radius 1 is 1.45 bits per heavy atom. The first-order chi connectivity index (χ1) is 9.69. The number of benzene rings is 1. The molecule has 5 heteroatoms. The lowest BCUT2D eigenvalue weighted by atomic mass is 10.0. The minimum atomic E-state index is 0.309. The van der Waals surface area contributed by atoms with Crippen molar-refractivity contribution in [2.24, 2.45) is 5.92 Å². The largest absolute Gasteiger partial charge is 0.378 e. The second-order valence-electron chi connectivity index (χ2n) is 5.34. The summed E-state index contributed by atoms with van der Waals surface area (Å²) in [6.45, 7) is 3.94. The minimum Gasteiger partial charge on any atom is -0.378 e. The lowest BCUT2D eigenvalue weighted by molar-refractivity contribution is 0.102. The van der Waals surface area contributed by atoms with Gasteiger partial charge in [-0.1, -0.05) is 11.6 Å². The van der Waals surface area contributed by atoms with Crippen LogP contribution in [0.3, 0.4) is 0 Å². The van der Waals surface area contributed by atoms with Crippen LogP contribution in [0.15, 0.2) is 18.2 Å². The van der Waals surface area contributed by atoms with E-state index in [2.05, 4.69) is 16.5 Å². The molecule has 2 atom stereocenters. The van der Waals surface area contributed by atoms with Crippen LogP contribution in [0, 0.1) is 5.92 Å². The van der Waals surface area contributed by atoms with Crippen LogP contribution in [0.4, 0.5) is 0 Å². The number of hydrogen-bond donors (Lipinski definition) is 0. The van der Waals surface area contributed by atoms with Gasteiger partial charge < -0.3 is 9.30 Å². The molecular formula is C15H18Cl2N2O. The number of aryl methyl sites for hydroxylation is 1. The first-order valence-electron chi connectivity index (χ1n) is 7.01. The van der Waals surface area contributed by atoms with Gasteiger partial charge in [0.25, 0.3) is 0 Å². The molecule has 108 valence electrons. The zero-order valence-electron chi connectivity index (χ0n) is 11.5. The van der Waals surface area contributed by atoms with Gasteiger partial charge in [0.2, 0.25) is 0 Å². The van der Waals surface area contributed by atoms with Crippen molar-refractivity contribution >= 4 is 34.2 Å². The number of nitrogens with zero attached hydrogens (tertiary/aromatic N) is 2. The van der Waals surface area contributed by atoms with E-state index in [0.29, 0.717) is 17.9 Å². The van der Waals surface area contributed by atoms with Gasteiger partial charge in [-0.25, -0.2) is 4.98 Å². The Bertz CT molecular complexity index is 611. The highest BCUT2D eigenvalue weighted by atomic mass is 35.5. The molecule has 0 amide bonds. The number of rotatable bonds is 4. The van der Waals surface area contributed by atoms with E-state index in [4.69, 9.17) is 27.9 Å². The molecule has 1 saturated heterocycles. The number of hydrogen-bond acceptors (Lipinski definition) is 2. The Morgan fingerprint density at radius 3 is 3.00 bits per heavy atom. The quantitative estimate of drug-likeness (QED) is 0.801. The Balaban J connectivity index is 1.99. The molecule has 0 radical (unpaired) electrons. The van der Waals surface area contributed by atoms with Crippen LogP contribution in [-0.2, 0) is 17.7 Å². The highest BCUT2D eigenvalue weighted by Crippen LogP contribution is 2.27. The summed E-state index contributed by atoms with van der Waals surface area (Å²) in [5, 5.41) is 0.720. The van der Waals surface area contributed by atoms with Crippen molar-refractivity contribution in [2.75, 3.05) is 12.5 Å². The van der Waals surface area contributed by atoms with E-state index in [9.17, 15) is 0 Å². The molecule has 0 aliphatic carbocycles. The molecule has 1 aromatic heterocycles. The van der Waals surface area contributed by atoms with E-state index in [1.54, 1.807) is 0 Å². The first kappa shape index (κ1) is 14.2. The summed E-state index contributed by atoms with van der Waals surface area (Å²) in [5.74, 6) is 2.15. The Morgan fingerprint density at radius 2 is 2.30 bits per heavy atom. The number of alkyl halides is 1. The fourth-order valence-electron chi connectivity index (χ4n) is 2.88. The number of aromatic nitrogens is 2. The molecule has 0 N–H and O–H groups in total. The Hall–Kier alpha value is -0.770. The van der Waals surface area contributed by atoms with Gasteiger partial charge in [0, 0.05) is 36.4 Å². The summed E-state index contributed by atoms with van der Waals surface area (Å²) in [7, 11) is 0. The highest BCUT2D eigenvalue weighted by molar-refractivity contribution is 6.31. The summed E-state index contributed by atoms with van der Waals surface area (Å²) in [6.07, 6.45) is 2.19. The van der Waals surface area contributed by atoms with Crippen LogP contribution >= 0.6 is 23.2 Å².